The van der Waals surface area contributed by atoms with E-state index in [0.717, 1.165) is 44.7 Å². The molecule has 3 heteroatoms. The summed E-state index contributed by atoms with van der Waals surface area (Å²) in [6.45, 7) is 0. The van der Waals surface area contributed by atoms with Crippen LogP contribution in [0.3, 0.4) is 0 Å². The van der Waals surface area contributed by atoms with Gasteiger partial charge < -0.3 is 13.9 Å². The fraction of sp³-hybridized carbons (Fsp3) is 0. The van der Waals surface area contributed by atoms with Gasteiger partial charge in [0.05, 0.1) is 11.0 Å². The topological polar surface area (TPSA) is 21.3 Å². The average molecular weight is 753 g/mol. The van der Waals surface area contributed by atoms with E-state index in [1.165, 1.54) is 65.6 Å². The van der Waals surface area contributed by atoms with E-state index < -0.39 is 0 Å². The number of nitrogens with zero attached hydrogens (tertiary/aromatic N) is 2. The van der Waals surface area contributed by atoms with Crippen LogP contribution >= 0.6 is 0 Å². The molecule has 0 bridgehead atoms. The number of hydrogen-bond acceptors (Lipinski definition) is 2. The fourth-order valence-electron chi connectivity index (χ4n) is 9.31. The quantitative estimate of drug-likeness (QED) is 0.169. The zero-order valence-corrected chi connectivity index (χ0v) is 32.1. The van der Waals surface area contributed by atoms with Gasteiger partial charge >= 0.3 is 0 Å². The number of anilines is 3. The molecule has 0 saturated heterocycles. The highest BCUT2D eigenvalue weighted by Crippen LogP contribution is 2.44. The molecule has 0 radical (unpaired) electrons. The summed E-state index contributed by atoms with van der Waals surface area (Å²) in [5.74, 6) is 0. The molecule has 0 N–H and O–H groups in total. The Morgan fingerprint density at radius 1 is 0.339 bits per heavy atom. The first-order valence-corrected chi connectivity index (χ1v) is 20.2. The molecular weight excluding hydrogens is 717 g/mol. The van der Waals surface area contributed by atoms with E-state index in [9.17, 15) is 0 Å². The number of hydrogen-bond donors (Lipinski definition) is 0. The smallest absolute Gasteiger partial charge is 0.137 e. The molecule has 0 aliphatic carbocycles. The van der Waals surface area contributed by atoms with Crippen molar-refractivity contribution in [3.05, 3.63) is 218 Å². The molecule has 12 aromatic rings. The number of benzene rings is 10. The zero-order valence-electron chi connectivity index (χ0n) is 32.1. The molecule has 0 unspecified atom stereocenters. The molecule has 3 nitrogen and oxygen atoms in total. The van der Waals surface area contributed by atoms with E-state index in [4.69, 9.17) is 4.42 Å². The van der Waals surface area contributed by atoms with Crippen molar-refractivity contribution in [2.24, 2.45) is 0 Å². The predicted molar refractivity (Wildman–Crippen MR) is 249 cm³/mol. The second-order valence-corrected chi connectivity index (χ2v) is 15.3. The van der Waals surface area contributed by atoms with Crippen LogP contribution in [0.5, 0.6) is 0 Å². The largest absolute Gasteiger partial charge is 0.456 e. The molecule has 59 heavy (non-hydrogen) atoms. The molecule has 0 aliphatic heterocycles. The van der Waals surface area contributed by atoms with Crippen LogP contribution in [0.4, 0.5) is 17.1 Å². The van der Waals surface area contributed by atoms with Gasteiger partial charge in [-0.25, -0.2) is 0 Å². The Morgan fingerprint density at radius 3 is 1.75 bits per heavy atom. The first-order chi connectivity index (χ1) is 29.3. The van der Waals surface area contributed by atoms with Gasteiger partial charge in [-0.05, 0) is 111 Å². The maximum atomic E-state index is 6.64. The molecule has 0 fully saturated rings. The Labute approximate surface area is 341 Å². The molecule has 0 saturated carbocycles. The molecule has 0 aliphatic rings. The number of para-hydroxylation sites is 2. The molecule has 10 aromatic carbocycles. The normalized spacial score (nSPS) is 11.7. The lowest BCUT2D eigenvalue weighted by Gasteiger charge is -2.26. The van der Waals surface area contributed by atoms with Crippen molar-refractivity contribution in [3.63, 3.8) is 0 Å². The van der Waals surface area contributed by atoms with Crippen molar-refractivity contribution in [2.45, 2.75) is 0 Å². The van der Waals surface area contributed by atoms with Gasteiger partial charge in [0.25, 0.3) is 0 Å². The Kier molecular flexibility index (Phi) is 7.54. The Balaban J connectivity index is 1.05. The van der Waals surface area contributed by atoms with E-state index >= 15 is 0 Å². The van der Waals surface area contributed by atoms with E-state index in [1.807, 2.05) is 0 Å². The van der Waals surface area contributed by atoms with Gasteiger partial charge in [-0.3, -0.25) is 0 Å². The van der Waals surface area contributed by atoms with Crippen LogP contribution in [0.15, 0.2) is 223 Å². The lowest BCUT2D eigenvalue weighted by atomic mass is 9.91. The van der Waals surface area contributed by atoms with Crippen LogP contribution in [-0.4, -0.2) is 4.57 Å². The third kappa shape index (κ3) is 5.36. The van der Waals surface area contributed by atoms with Crippen molar-refractivity contribution in [2.75, 3.05) is 4.90 Å². The van der Waals surface area contributed by atoms with Crippen LogP contribution < -0.4 is 4.90 Å². The van der Waals surface area contributed by atoms with E-state index in [1.54, 1.807) is 0 Å². The highest BCUT2D eigenvalue weighted by molar-refractivity contribution is 6.19. The van der Waals surface area contributed by atoms with E-state index in [2.05, 4.69) is 228 Å². The van der Waals surface area contributed by atoms with Crippen molar-refractivity contribution < 1.29 is 4.42 Å². The number of fused-ring (bicyclic) bond motifs is 9. The van der Waals surface area contributed by atoms with Crippen molar-refractivity contribution in [1.29, 1.82) is 0 Å². The van der Waals surface area contributed by atoms with Gasteiger partial charge in [0.15, 0.2) is 0 Å². The molecule has 2 aromatic heterocycles. The van der Waals surface area contributed by atoms with Gasteiger partial charge in [-0.2, -0.15) is 0 Å². The molecule has 12 rings (SSSR count). The van der Waals surface area contributed by atoms with Gasteiger partial charge in [-0.15, -0.1) is 0 Å². The average Bonchev–Trinajstić information content (AvgIpc) is 3.85. The first-order valence-electron chi connectivity index (χ1n) is 20.2. The third-order valence-electron chi connectivity index (χ3n) is 12.0. The second-order valence-electron chi connectivity index (χ2n) is 15.3. The number of furan rings is 1. The van der Waals surface area contributed by atoms with Crippen LogP contribution in [0.25, 0.3) is 93.2 Å². The lowest BCUT2D eigenvalue weighted by Crippen LogP contribution is -2.09. The summed E-state index contributed by atoms with van der Waals surface area (Å²) in [6.07, 6.45) is 0. The second kappa shape index (κ2) is 13.4. The monoisotopic (exact) mass is 752 g/mol. The van der Waals surface area contributed by atoms with E-state index in [0.29, 0.717) is 0 Å². The van der Waals surface area contributed by atoms with Crippen molar-refractivity contribution >= 4 is 82.4 Å². The highest BCUT2D eigenvalue weighted by atomic mass is 16.3. The molecule has 0 spiro atoms. The Bertz CT molecular complexity index is 3540. The molecule has 2 heterocycles. The summed E-state index contributed by atoms with van der Waals surface area (Å²) in [5.41, 5.74) is 13.2. The minimum absolute atomic E-state index is 0.862. The van der Waals surface area contributed by atoms with Crippen molar-refractivity contribution in [3.8, 4) is 27.9 Å². The molecule has 276 valence electrons. The zero-order chi connectivity index (χ0) is 38.9. The minimum atomic E-state index is 0.862. The van der Waals surface area contributed by atoms with Gasteiger partial charge in [0, 0.05) is 50.4 Å². The first kappa shape index (κ1) is 33.3. The predicted octanol–water partition coefficient (Wildman–Crippen LogP) is 15.8. The molecule has 0 atom stereocenters. The SMILES string of the molecule is c1ccc(-c2cccc3cccc(-c4ccc(N(c5ccc6c(c5)oc5ccc7ccccc7c56)c5ccc6c(c5)c5ccccc5n6-c5ccccc5)cc4)c23)cc1. The van der Waals surface area contributed by atoms with Crippen LogP contribution in [0, 0.1) is 0 Å². The lowest BCUT2D eigenvalue weighted by molar-refractivity contribution is 0.669. The molecular formula is C56H36N2O. The molecule has 0 amide bonds. The maximum absolute atomic E-state index is 6.64. The minimum Gasteiger partial charge on any atom is -0.456 e. The maximum Gasteiger partial charge on any atom is 0.137 e. The summed E-state index contributed by atoms with van der Waals surface area (Å²) < 4.78 is 9.01. The van der Waals surface area contributed by atoms with Crippen LogP contribution in [0.1, 0.15) is 0 Å². The van der Waals surface area contributed by atoms with Crippen LogP contribution in [-0.2, 0) is 0 Å². The summed E-state index contributed by atoms with van der Waals surface area (Å²) in [7, 11) is 0. The van der Waals surface area contributed by atoms with Gasteiger partial charge in [-0.1, -0.05) is 146 Å². The fourth-order valence-corrected chi connectivity index (χ4v) is 9.31. The Morgan fingerprint density at radius 2 is 0.949 bits per heavy atom. The standard InChI is InChI=1S/C56H36N2O/c1-3-13-37(14-4-1)45-22-11-16-40-17-12-23-46(55(40)45)39-25-28-42(29-26-39)57(44-30-32-49-54(36-44)59-53-34-27-38-15-7-8-20-47(38)56(49)53)43-31-33-52-50(35-43)48-21-9-10-24-51(48)58(52)41-18-5-2-6-19-41/h1-36H. The summed E-state index contributed by atoms with van der Waals surface area (Å²) in [6, 6.07) is 78.7. The number of rotatable bonds is 6. The van der Waals surface area contributed by atoms with Crippen molar-refractivity contribution in [1.82, 2.24) is 4.57 Å². The summed E-state index contributed by atoms with van der Waals surface area (Å²) >= 11 is 0. The highest BCUT2D eigenvalue weighted by Gasteiger charge is 2.20. The van der Waals surface area contributed by atoms with Crippen LogP contribution in [0.2, 0.25) is 0 Å². The van der Waals surface area contributed by atoms with E-state index in [-0.39, 0.29) is 0 Å². The summed E-state index contributed by atoms with van der Waals surface area (Å²) in [5, 5.41) is 9.57. The summed E-state index contributed by atoms with van der Waals surface area (Å²) in [4.78, 5) is 2.36. The number of aromatic nitrogens is 1. The van der Waals surface area contributed by atoms with Gasteiger partial charge in [0.2, 0.25) is 0 Å². The third-order valence-corrected chi connectivity index (χ3v) is 12.0. The Hall–Kier alpha value is -7.88. The van der Waals surface area contributed by atoms with Gasteiger partial charge in [0.1, 0.15) is 11.2 Å².